The Labute approximate surface area is 138 Å². The van der Waals surface area contributed by atoms with Gasteiger partial charge < -0.3 is 5.32 Å². The number of nitrogens with zero attached hydrogens (tertiary/aromatic N) is 2. The van der Waals surface area contributed by atoms with Crippen LogP contribution in [0, 0.1) is 10.7 Å². The van der Waals surface area contributed by atoms with Gasteiger partial charge in [0.25, 0.3) is 0 Å². The molecule has 20 heavy (non-hydrogen) atoms. The Morgan fingerprint density at radius 3 is 3.10 bits per heavy atom. The summed E-state index contributed by atoms with van der Waals surface area (Å²) in [7, 11) is 0. The largest absolute Gasteiger partial charge is 0.324 e. The lowest BCUT2D eigenvalue weighted by molar-refractivity contribution is -0.113. The quantitative estimate of drug-likeness (QED) is 0.628. The molecule has 104 valence electrons. The van der Waals surface area contributed by atoms with Gasteiger partial charge in [-0.1, -0.05) is 23.5 Å². The highest BCUT2D eigenvalue weighted by Crippen LogP contribution is 2.28. The summed E-state index contributed by atoms with van der Waals surface area (Å²) in [4.78, 5) is 17.0. The molecule has 0 saturated heterocycles. The van der Waals surface area contributed by atoms with Crippen LogP contribution < -0.4 is 5.32 Å². The number of aliphatic imine (C=N–C) groups is 1. The van der Waals surface area contributed by atoms with Crippen LogP contribution in [0.1, 0.15) is 0 Å². The molecule has 1 heterocycles. The molecule has 1 aromatic carbocycles. The molecule has 1 N–H and O–H groups in total. The van der Waals surface area contributed by atoms with E-state index in [-0.39, 0.29) is 5.91 Å². The fourth-order valence-corrected chi connectivity index (χ4v) is 4.29. The molecular formula is C12H10BrN3OS3. The van der Waals surface area contributed by atoms with Crippen LogP contribution in [-0.4, -0.2) is 28.3 Å². The molecule has 1 aromatic rings. The van der Waals surface area contributed by atoms with E-state index >= 15 is 0 Å². The third-order valence-electron chi connectivity index (χ3n) is 2.26. The lowest BCUT2D eigenvalue weighted by Crippen LogP contribution is -2.15. The Hall–Kier alpha value is -0.620. The highest BCUT2D eigenvalue weighted by Gasteiger charge is 2.11. The van der Waals surface area contributed by atoms with Crippen molar-refractivity contribution in [2.24, 2.45) is 4.99 Å². The van der Waals surface area contributed by atoms with Crippen molar-refractivity contribution in [3.63, 3.8) is 0 Å². The average Bonchev–Trinajstić information content (AvgIpc) is 2.93. The van der Waals surface area contributed by atoms with E-state index in [1.807, 2.05) is 11.5 Å². The number of amides is 1. The number of thiocyanates is 1. The van der Waals surface area contributed by atoms with Crippen LogP contribution in [0.2, 0.25) is 0 Å². The Morgan fingerprint density at radius 1 is 1.60 bits per heavy atom. The summed E-state index contributed by atoms with van der Waals surface area (Å²) >= 11 is 7.63. The minimum atomic E-state index is -0.0633. The molecule has 0 fully saturated rings. The second kappa shape index (κ2) is 7.98. The van der Waals surface area contributed by atoms with E-state index in [4.69, 9.17) is 5.26 Å². The molecule has 1 aliphatic heterocycles. The predicted octanol–water partition coefficient (Wildman–Crippen LogP) is 3.80. The fraction of sp³-hybridized carbons (Fsp3) is 0.250. The van der Waals surface area contributed by atoms with Crippen molar-refractivity contribution in [2.75, 3.05) is 23.4 Å². The highest BCUT2D eigenvalue weighted by molar-refractivity contribution is 9.10. The Bertz CT molecular complexity index is 586. The van der Waals surface area contributed by atoms with Crippen molar-refractivity contribution in [3.05, 3.63) is 22.7 Å². The third kappa shape index (κ3) is 4.74. The molecule has 1 amide bonds. The molecule has 0 aromatic heterocycles. The topological polar surface area (TPSA) is 65.2 Å². The van der Waals surface area contributed by atoms with Crippen molar-refractivity contribution in [3.8, 4) is 5.40 Å². The van der Waals surface area contributed by atoms with Crippen LogP contribution in [0.15, 0.2) is 32.6 Å². The molecule has 0 spiro atoms. The van der Waals surface area contributed by atoms with Gasteiger partial charge in [0.2, 0.25) is 5.91 Å². The number of hydrogen-bond acceptors (Lipinski definition) is 6. The normalized spacial score (nSPS) is 13.7. The summed E-state index contributed by atoms with van der Waals surface area (Å²) in [6, 6.07) is 5.40. The van der Waals surface area contributed by atoms with Gasteiger partial charge in [0.05, 0.1) is 18.0 Å². The van der Waals surface area contributed by atoms with Gasteiger partial charge in [-0.3, -0.25) is 9.79 Å². The summed E-state index contributed by atoms with van der Waals surface area (Å²) < 4.78 is 1.75. The van der Waals surface area contributed by atoms with Crippen LogP contribution in [0.4, 0.5) is 5.69 Å². The van der Waals surface area contributed by atoms with Gasteiger partial charge in [-0.15, -0.1) is 0 Å². The Kier molecular flexibility index (Phi) is 6.29. The zero-order valence-corrected chi connectivity index (χ0v) is 14.3. The van der Waals surface area contributed by atoms with Gasteiger partial charge in [0.15, 0.2) is 0 Å². The first-order chi connectivity index (χ1) is 9.69. The van der Waals surface area contributed by atoms with E-state index < -0.39 is 0 Å². The SMILES string of the molecule is N#CSc1ccc(NC(=O)CSC2=NCCS2)c(Br)c1. The highest BCUT2D eigenvalue weighted by atomic mass is 79.9. The van der Waals surface area contributed by atoms with Gasteiger partial charge in [0.1, 0.15) is 9.78 Å². The standard InChI is InChI=1S/C12H10BrN3OS3/c13-9-5-8(20-7-14)1-2-10(9)16-11(17)6-19-12-15-3-4-18-12/h1-2,5H,3-4,6H2,(H,16,17). The number of hydrogen-bond donors (Lipinski definition) is 1. The van der Waals surface area contributed by atoms with Gasteiger partial charge >= 0.3 is 0 Å². The van der Waals surface area contributed by atoms with E-state index in [1.165, 1.54) is 11.8 Å². The predicted molar refractivity (Wildman–Crippen MR) is 91.5 cm³/mol. The number of nitrogens with one attached hydrogen (secondary N) is 1. The zero-order valence-electron chi connectivity index (χ0n) is 10.3. The Morgan fingerprint density at radius 2 is 2.45 bits per heavy atom. The number of nitriles is 1. The molecule has 0 atom stereocenters. The molecule has 4 nitrogen and oxygen atoms in total. The lowest BCUT2D eigenvalue weighted by atomic mass is 10.3. The van der Waals surface area contributed by atoms with E-state index in [1.54, 1.807) is 23.9 Å². The summed E-state index contributed by atoms with van der Waals surface area (Å²) in [5.41, 5.74) is 0.707. The van der Waals surface area contributed by atoms with E-state index in [9.17, 15) is 4.79 Å². The molecule has 0 saturated carbocycles. The molecular weight excluding hydrogens is 378 g/mol. The van der Waals surface area contributed by atoms with E-state index in [2.05, 4.69) is 26.2 Å². The van der Waals surface area contributed by atoms with Crippen LogP contribution >= 0.6 is 51.2 Å². The first kappa shape index (κ1) is 15.8. The van der Waals surface area contributed by atoms with Crippen LogP contribution in [0.5, 0.6) is 0 Å². The maximum absolute atomic E-state index is 11.9. The van der Waals surface area contributed by atoms with Gasteiger partial charge in [0, 0.05) is 15.1 Å². The van der Waals surface area contributed by atoms with Crippen LogP contribution in [-0.2, 0) is 4.79 Å². The smallest absolute Gasteiger partial charge is 0.234 e. The van der Waals surface area contributed by atoms with Crippen molar-refractivity contribution >= 4 is 67.2 Å². The van der Waals surface area contributed by atoms with Crippen molar-refractivity contribution < 1.29 is 4.79 Å². The maximum Gasteiger partial charge on any atom is 0.234 e. The number of rotatable bonds is 4. The lowest BCUT2D eigenvalue weighted by Gasteiger charge is -2.08. The molecule has 1 aliphatic rings. The number of benzene rings is 1. The second-order valence-corrected chi connectivity index (χ2v) is 7.69. The monoisotopic (exact) mass is 387 g/mol. The average molecular weight is 388 g/mol. The number of carbonyl (C=O) groups excluding carboxylic acids is 1. The van der Waals surface area contributed by atoms with Gasteiger partial charge in [-0.25, -0.2) is 0 Å². The van der Waals surface area contributed by atoms with Crippen molar-refractivity contribution in [1.29, 1.82) is 5.26 Å². The first-order valence-corrected chi connectivity index (χ1v) is 9.22. The number of thioether (sulfide) groups is 3. The minimum absolute atomic E-state index is 0.0633. The van der Waals surface area contributed by atoms with Crippen LogP contribution in [0.3, 0.4) is 0 Å². The fourth-order valence-electron chi connectivity index (χ4n) is 1.43. The van der Waals surface area contributed by atoms with Gasteiger partial charge in [-0.05, 0) is 45.9 Å². The number of carbonyl (C=O) groups is 1. The minimum Gasteiger partial charge on any atom is -0.324 e. The number of anilines is 1. The van der Waals surface area contributed by atoms with Gasteiger partial charge in [-0.2, -0.15) is 5.26 Å². The molecule has 0 radical (unpaired) electrons. The summed E-state index contributed by atoms with van der Waals surface area (Å²) in [6.07, 6.45) is 0. The van der Waals surface area contributed by atoms with Crippen LogP contribution in [0.25, 0.3) is 0 Å². The Balaban J connectivity index is 1.89. The summed E-state index contributed by atoms with van der Waals surface area (Å²) in [5.74, 6) is 1.30. The molecule has 0 unspecified atom stereocenters. The maximum atomic E-state index is 11.9. The summed E-state index contributed by atoms with van der Waals surface area (Å²) in [6.45, 7) is 0.845. The second-order valence-electron chi connectivity index (χ2n) is 3.67. The first-order valence-electron chi connectivity index (χ1n) is 5.64. The summed E-state index contributed by atoms with van der Waals surface area (Å²) in [5, 5.41) is 13.5. The molecule has 0 aliphatic carbocycles. The molecule has 0 bridgehead atoms. The third-order valence-corrected chi connectivity index (χ3v) is 5.75. The van der Waals surface area contributed by atoms with Crippen molar-refractivity contribution in [1.82, 2.24) is 0 Å². The van der Waals surface area contributed by atoms with E-state index in [0.717, 1.165) is 37.8 Å². The molecule has 2 rings (SSSR count). The number of halogens is 1. The van der Waals surface area contributed by atoms with Crippen molar-refractivity contribution in [2.45, 2.75) is 4.90 Å². The molecule has 8 heteroatoms. The zero-order chi connectivity index (χ0) is 14.4. The van der Waals surface area contributed by atoms with E-state index in [0.29, 0.717) is 11.4 Å².